The molecular formula is C12H18N4OS. The van der Waals surface area contributed by atoms with Crippen LogP contribution in [-0.2, 0) is 13.1 Å². The monoisotopic (exact) mass is 266 g/mol. The molecule has 0 radical (unpaired) electrons. The average Bonchev–Trinajstić information content (AvgIpc) is 3.03. The zero-order valence-corrected chi connectivity index (χ0v) is 11.5. The highest BCUT2D eigenvalue weighted by Crippen LogP contribution is 2.21. The quantitative estimate of drug-likeness (QED) is 0.833. The summed E-state index contributed by atoms with van der Waals surface area (Å²) in [7, 11) is 0. The van der Waals surface area contributed by atoms with Gasteiger partial charge in [-0.05, 0) is 13.8 Å². The van der Waals surface area contributed by atoms with Crippen molar-refractivity contribution in [3.05, 3.63) is 29.1 Å². The van der Waals surface area contributed by atoms with Gasteiger partial charge in [0.15, 0.2) is 5.13 Å². The Hall–Kier alpha value is -1.40. The van der Waals surface area contributed by atoms with Crippen molar-refractivity contribution in [3.8, 4) is 0 Å². The second kappa shape index (κ2) is 6.51. The van der Waals surface area contributed by atoms with E-state index >= 15 is 0 Å². The largest absolute Gasteiger partial charge is 0.364 e. The Morgan fingerprint density at radius 1 is 1.33 bits per heavy atom. The summed E-state index contributed by atoms with van der Waals surface area (Å²) in [5.74, 6) is 0. The zero-order chi connectivity index (χ0) is 12.8. The zero-order valence-electron chi connectivity index (χ0n) is 10.7. The summed E-state index contributed by atoms with van der Waals surface area (Å²) in [6.45, 7) is 7.81. The lowest BCUT2D eigenvalue weighted by Crippen LogP contribution is -2.21. The lowest BCUT2D eigenvalue weighted by atomic mass is 10.4. The van der Waals surface area contributed by atoms with Gasteiger partial charge >= 0.3 is 0 Å². The van der Waals surface area contributed by atoms with E-state index in [9.17, 15) is 0 Å². The fourth-order valence-corrected chi connectivity index (χ4v) is 2.67. The molecule has 0 saturated carbocycles. The molecule has 18 heavy (non-hydrogen) atoms. The Bertz CT molecular complexity index is 450. The molecule has 98 valence electrons. The van der Waals surface area contributed by atoms with Crippen LogP contribution in [0.1, 0.15) is 24.4 Å². The second-order valence-electron chi connectivity index (χ2n) is 3.88. The van der Waals surface area contributed by atoms with Gasteiger partial charge in [-0.2, -0.15) is 0 Å². The standard InChI is InChI=1S/C12H18N4OS/c1-3-16(4-2)12-14-9-11(18-12)8-13-7-10-5-6-17-15-10/h5-6,9,13H,3-4,7-8H2,1-2H3. The van der Waals surface area contributed by atoms with Crippen LogP contribution in [0.15, 0.2) is 23.0 Å². The summed E-state index contributed by atoms with van der Waals surface area (Å²) < 4.78 is 4.78. The van der Waals surface area contributed by atoms with E-state index in [2.05, 4.69) is 34.2 Å². The molecule has 6 heteroatoms. The van der Waals surface area contributed by atoms with Gasteiger partial charge in [-0.3, -0.25) is 0 Å². The van der Waals surface area contributed by atoms with Gasteiger partial charge in [0, 0.05) is 43.3 Å². The molecule has 1 N–H and O–H groups in total. The molecule has 0 aromatic carbocycles. The predicted octanol–water partition coefficient (Wildman–Crippen LogP) is 2.27. The van der Waals surface area contributed by atoms with E-state index in [-0.39, 0.29) is 0 Å². The van der Waals surface area contributed by atoms with Crippen molar-refractivity contribution < 1.29 is 4.52 Å². The predicted molar refractivity (Wildman–Crippen MR) is 72.7 cm³/mol. The van der Waals surface area contributed by atoms with Gasteiger partial charge in [-0.25, -0.2) is 4.98 Å². The molecule has 2 heterocycles. The maximum atomic E-state index is 4.78. The molecule has 0 atom stereocenters. The number of hydrogen-bond donors (Lipinski definition) is 1. The van der Waals surface area contributed by atoms with Gasteiger partial charge < -0.3 is 14.7 Å². The highest BCUT2D eigenvalue weighted by molar-refractivity contribution is 7.15. The Morgan fingerprint density at radius 2 is 2.17 bits per heavy atom. The minimum absolute atomic E-state index is 0.717. The van der Waals surface area contributed by atoms with E-state index in [0.29, 0.717) is 0 Å². The first-order valence-corrected chi connectivity index (χ1v) is 6.94. The average molecular weight is 266 g/mol. The van der Waals surface area contributed by atoms with Gasteiger partial charge in [0.2, 0.25) is 0 Å². The number of hydrogen-bond acceptors (Lipinski definition) is 6. The SMILES string of the molecule is CCN(CC)c1ncc(CNCc2ccon2)s1. The first-order valence-electron chi connectivity index (χ1n) is 6.13. The maximum absolute atomic E-state index is 4.78. The third-order valence-corrected chi connectivity index (χ3v) is 3.73. The number of nitrogens with zero attached hydrogens (tertiary/aromatic N) is 3. The molecule has 0 aliphatic rings. The Kier molecular flexibility index (Phi) is 4.72. The molecule has 5 nitrogen and oxygen atoms in total. The molecule has 0 bridgehead atoms. The molecule has 0 unspecified atom stereocenters. The lowest BCUT2D eigenvalue weighted by Gasteiger charge is -2.16. The Morgan fingerprint density at radius 3 is 2.83 bits per heavy atom. The molecule has 0 amide bonds. The van der Waals surface area contributed by atoms with E-state index in [4.69, 9.17) is 4.52 Å². The van der Waals surface area contributed by atoms with Crippen LogP contribution in [0.25, 0.3) is 0 Å². The van der Waals surface area contributed by atoms with Crippen LogP contribution in [0.5, 0.6) is 0 Å². The molecule has 2 aromatic heterocycles. The smallest absolute Gasteiger partial charge is 0.185 e. The van der Waals surface area contributed by atoms with Crippen LogP contribution in [0.3, 0.4) is 0 Å². The Balaban J connectivity index is 1.83. The third kappa shape index (κ3) is 3.30. The van der Waals surface area contributed by atoms with E-state index in [1.807, 2.05) is 12.3 Å². The fraction of sp³-hybridized carbons (Fsp3) is 0.500. The van der Waals surface area contributed by atoms with Gasteiger partial charge in [-0.15, -0.1) is 11.3 Å². The van der Waals surface area contributed by atoms with E-state index in [1.54, 1.807) is 17.6 Å². The van der Waals surface area contributed by atoms with Crippen molar-refractivity contribution in [3.63, 3.8) is 0 Å². The molecular weight excluding hydrogens is 248 g/mol. The summed E-state index contributed by atoms with van der Waals surface area (Å²) in [5.41, 5.74) is 0.920. The molecule has 0 spiro atoms. The first-order chi connectivity index (χ1) is 8.83. The molecule has 0 saturated heterocycles. The number of rotatable bonds is 7. The minimum atomic E-state index is 0.717. The van der Waals surface area contributed by atoms with Crippen LogP contribution in [0, 0.1) is 0 Å². The lowest BCUT2D eigenvalue weighted by molar-refractivity contribution is 0.408. The number of aromatic nitrogens is 2. The minimum Gasteiger partial charge on any atom is -0.364 e. The van der Waals surface area contributed by atoms with E-state index in [1.165, 1.54) is 4.88 Å². The molecule has 0 aliphatic carbocycles. The molecule has 2 rings (SSSR count). The summed E-state index contributed by atoms with van der Waals surface area (Å²) in [4.78, 5) is 7.94. The molecule has 0 aliphatic heterocycles. The van der Waals surface area contributed by atoms with Crippen LogP contribution < -0.4 is 10.2 Å². The Labute approximate surface area is 111 Å². The number of nitrogens with one attached hydrogen (secondary N) is 1. The van der Waals surface area contributed by atoms with Gasteiger partial charge in [0.25, 0.3) is 0 Å². The topological polar surface area (TPSA) is 54.2 Å². The summed E-state index contributed by atoms with van der Waals surface area (Å²) in [5, 5.41) is 8.27. The molecule has 0 fully saturated rings. The first kappa shape index (κ1) is 13.0. The van der Waals surface area contributed by atoms with Crippen molar-refractivity contribution in [2.45, 2.75) is 26.9 Å². The van der Waals surface area contributed by atoms with Gasteiger partial charge in [-0.1, -0.05) is 5.16 Å². The van der Waals surface area contributed by atoms with Crippen LogP contribution >= 0.6 is 11.3 Å². The third-order valence-electron chi connectivity index (χ3n) is 2.67. The van der Waals surface area contributed by atoms with Gasteiger partial charge in [0.1, 0.15) is 6.26 Å². The summed E-state index contributed by atoms with van der Waals surface area (Å²) in [6.07, 6.45) is 3.52. The van der Waals surface area contributed by atoms with Crippen molar-refractivity contribution in [2.75, 3.05) is 18.0 Å². The maximum Gasteiger partial charge on any atom is 0.185 e. The van der Waals surface area contributed by atoms with Crippen molar-refractivity contribution in [1.82, 2.24) is 15.5 Å². The van der Waals surface area contributed by atoms with Crippen LogP contribution in [-0.4, -0.2) is 23.2 Å². The second-order valence-corrected chi connectivity index (χ2v) is 4.97. The highest BCUT2D eigenvalue weighted by atomic mass is 32.1. The van der Waals surface area contributed by atoms with Crippen molar-refractivity contribution in [2.24, 2.45) is 0 Å². The van der Waals surface area contributed by atoms with Crippen molar-refractivity contribution >= 4 is 16.5 Å². The van der Waals surface area contributed by atoms with E-state index in [0.717, 1.165) is 37.0 Å². The summed E-state index contributed by atoms with van der Waals surface area (Å²) in [6, 6.07) is 1.86. The van der Waals surface area contributed by atoms with Crippen LogP contribution in [0.4, 0.5) is 5.13 Å². The fourth-order valence-electron chi connectivity index (χ4n) is 1.66. The molecule has 2 aromatic rings. The normalized spacial score (nSPS) is 10.8. The highest BCUT2D eigenvalue weighted by Gasteiger charge is 2.07. The van der Waals surface area contributed by atoms with Crippen molar-refractivity contribution in [1.29, 1.82) is 0 Å². The number of thiazole rings is 1. The van der Waals surface area contributed by atoms with Crippen LogP contribution in [0.2, 0.25) is 0 Å². The summed E-state index contributed by atoms with van der Waals surface area (Å²) >= 11 is 1.74. The van der Waals surface area contributed by atoms with Gasteiger partial charge in [0.05, 0.1) is 5.69 Å². The van der Waals surface area contributed by atoms with E-state index < -0.39 is 0 Å². The number of anilines is 1.